The Morgan fingerprint density at radius 2 is 1.58 bits per heavy atom. The van der Waals surface area contributed by atoms with E-state index in [9.17, 15) is 17.6 Å². The predicted molar refractivity (Wildman–Crippen MR) is 111 cm³/mol. The Kier molecular flexibility index (Phi) is 6.15. The van der Waals surface area contributed by atoms with Gasteiger partial charge < -0.3 is 15.2 Å². The molecule has 4 rings (SSSR count). The van der Waals surface area contributed by atoms with E-state index in [4.69, 9.17) is 15.2 Å². The second kappa shape index (κ2) is 8.84. The number of ether oxygens (including phenoxy) is 2. The third-order valence-electron chi connectivity index (χ3n) is 6.05. The second-order valence-electron chi connectivity index (χ2n) is 7.97. The van der Waals surface area contributed by atoms with E-state index in [-0.39, 0.29) is 23.2 Å². The molecule has 9 heteroatoms. The maximum Gasteiger partial charge on any atom is 0.406 e. The normalized spacial score (nSPS) is 24.2. The maximum absolute atomic E-state index is 13.4. The average Bonchev–Trinajstić information content (AvgIpc) is 2.75. The number of carbonyl (C=O) groups is 1. The molecule has 31 heavy (non-hydrogen) atoms. The van der Waals surface area contributed by atoms with E-state index in [0.717, 1.165) is 32.1 Å². The first kappa shape index (κ1) is 21.6. The number of carbonyl (C=O) groups excluding carboxylic acids is 1. The minimum absolute atomic E-state index is 0.0501. The fraction of sp³-hybridized carbons (Fsp3) is 0.409. The number of hydrogen-bond acceptors (Lipinski definition) is 5. The highest BCUT2D eigenvalue weighted by atomic mass is 32.2. The van der Waals surface area contributed by atoms with Crippen LogP contribution in [0.3, 0.4) is 0 Å². The molecule has 1 aliphatic heterocycles. The average molecular weight is 449 g/mol. The van der Waals surface area contributed by atoms with Gasteiger partial charge in [-0.1, -0.05) is 12.8 Å². The Hall–Kier alpha value is -2.65. The smallest absolute Gasteiger partial charge is 0.406 e. The van der Waals surface area contributed by atoms with E-state index in [0.29, 0.717) is 17.4 Å². The fourth-order valence-corrected chi connectivity index (χ4v) is 6.15. The molecule has 2 fully saturated rings. The van der Waals surface area contributed by atoms with Crippen LogP contribution in [-0.4, -0.2) is 31.6 Å². The van der Waals surface area contributed by atoms with Crippen LogP contribution in [0.25, 0.3) is 0 Å². The monoisotopic (exact) mass is 448 g/mol. The van der Waals surface area contributed by atoms with Crippen molar-refractivity contribution in [2.24, 2.45) is 17.6 Å². The largest absolute Gasteiger partial charge is 0.457 e. The molecule has 2 aliphatic rings. The fourth-order valence-electron chi connectivity index (χ4n) is 4.58. The van der Waals surface area contributed by atoms with Crippen molar-refractivity contribution in [3.63, 3.8) is 0 Å². The molecule has 2 N–H and O–H groups in total. The van der Waals surface area contributed by atoms with Gasteiger partial charge >= 0.3 is 6.09 Å². The van der Waals surface area contributed by atoms with Crippen molar-refractivity contribution in [3.05, 3.63) is 54.3 Å². The zero-order valence-electron chi connectivity index (χ0n) is 16.9. The number of fused-ring (bicyclic) bond motifs is 1. The SMILES string of the molecule is NC(=O)OC1C2CCCCC2CCN1S(=O)(=O)c1ccc(Oc2ccc(F)cc2)cc1. The predicted octanol–water partition coefficient (Wildman–Crippen LogP) is 4.24. The highest BCUT2D eigenvalue weighted by molar-refractivity contribution is 7.89. The van der Waals surface area contributed by atoms with Gasteiger partial charge in [0.1, 0.15) is 17.3 Å². The highest BCUT2D eigenvalue weighted by Crippen LogP contribution is 2.42. The lowest BCUT2D eigenvalue weighted by atomic mass is 9.74. The molecule has 1 aliphatic carbocycles. The number of rotatable bonds is 5. The molecule has 0 aromatic heterocycles. The van der Waals surface area contributed by atoms with E-state index >= 15 is 0 Å². The third kappa shape index (κ3) is 4.67. The molecule has 7 nitrogen and oxygen atoms in total. The van der Waals surface area contributed by atoms with Gasteiger partial charge in [0.05, 0.1) is 4.90 Å². The van der Waals surface area contributed by atoms with Crippen LogP contribution in [0.5, 0.6) is 11.5 Å². The number of primary amides is 1. The molecule has 3 unspecified atom stereocenters. The van der Waals surface area contributed by atoms with Crippen molar-refractivity contribution in [1.29, 1.82) is 0 Å². The van der Waals surface area contributed by atoms with E-state index in [1.165, 1.54) is 52.8 Å². The van der Waals surface area contributed by atoms with E-state index < -0.39 is 22.3 Å². The number of halogens is 1. The number of hydrogen-bond donors (Lipinski definition) is 1. The first-order valence-electron chi connectivity index (χ1n) is 10.4. The number of sulfonamides is 1. The quantitative estimate of drug-likeness (QED) is 0.738. The van der Waals surface area contributed by atoms with Crippen LogP contribution >= 0.6 is 0 Å². The van der Waals surface area contributed by atoms with Crippen molar-refractivity contribution < 1.29 is 27.1 Å². The van der Waals surface area contributed by atoms with Crippen molar-refractivity contribution >= 4 is 16.1 Å². The summed E-state index contributed by atoms with van der Waals surface area (Å²) in [6, 6.07) is 11.5. The summed E-state index contributed by atoms with van der Waals surface area (Å²) in [6.07, 6.45) is 2.76. The Bertz CT molecular complexity index is 1030. The minimum atomic E-state index is -3.91. The Balaban J connectivity index is 1.55. The molecule has 0 bridgehead atoms. The second-order valence-corrected chi connectivity index (χ2v) is 9.86. The third-order valence-corrected chi connectivity index (χ3v) is 7.93. The van der Waals surface area contributed by atoms with Gasteiger partial charge in [-0.05, 0) is 73.7 Å². The van der Waals surface area contributed by atoms with Crippen molar-refractivity contribution in [1.82, 2.24) is 4.31 Å². The van der Waals surface area contributed by atoms with Crippen LogP contribution < -0.4 is 10.5 Å². The topological polar surface area (TPSA) is 98.9 Å². The lowest BCUT2D eigenvalue weighted by Crippen LogP contribution is -2.54. The van der Waals surface area contributed by atoms with E-state index in [1.54, 1.807) is 0 Å². The van der Waals surface area contributed by atoms with Crippen LogP contribution in [0.15, 0.2) is 53.4 Å². The summed E-state index contributed by atoms with van der Waals surface area (Å²) in [5, 5.41) is 0. The van der Waals surface area contributed by atoms with Gasteiger partial charge in [-0.25, -0.2) is 17.6 Å². The molecular weight excluding hydrogens is 423 g/mol. The van der Waals surface area contributed by atoms with Crippen molar-refractivity contribution in [2.45, 2.75) is 43.2 Å². The van der Waals surface area contributed by atoms with Crippen LogP contribution in [0.1, 0.15) is 32.1 Å². The summed E-state index contributed by atoms with van der Waals surface area (Å²) in [4.78, 5) is 11.6. The molecule has 166 valence electrons. The number of benzene rings is 2. The zero-order chi connectivity index (χ0) is 22.0. The summed E-state index contributed by atoms with van der Waals surface area (Å²) in [5.74, 6) is 0.762. The Morgan fingerprint density at radius 3 is 2.23 bits per heavy atom. The highest BCUT2D eigenvalue weighted by Gasteiger charge is 2.46. The Labute approximate surface area is 181 Å². The maximum atomic E-state index is 13.4. The van der Waals surface area contributed by atoms with E-state index in [2.05, 4.69) is 0 Å². The molecule has 1 saturated heterocycles. The number of nitrogens with two attached hydrogens (primary N) is 1. The summed E-state index contributed by atoms with van der Waals surface area (Å²) in [6.45, 7) is 0.273. The van der Waals surface area contributed by atoms with Gasteiger partial charge in [-0.2, -0.15) is 4.31 Å². The van der Waals surface area contributed by atoms with Gasteiger partial charge in [0.25, 0.3) is 0 Å². The molecule has 2 aromatic rings. The van der Waals surface area contributed by atoms with E-state index in [1.807, 2.05) is 0 Å². The summed E-state index contributed by atoms with van der Waals surface area (Å²) < 4.78 is 52.0. The number of nitrogens with zero attached hydrogens (tertiary/aromatic N) is 1. The van der Waals surface area contributed by atoms with Crippen LogP contribution in [0.4, 0.5) is 9.18 Å². The molecule has 1 heterocycles. The number of piperidine rings is 1. The zero-order valence-corrected chi connectivity index (χ0v) is 17.8. The van der Waals surface area contributed by atoms with Gasteiger partial charge in [-0.15, -0.1) is 0 Å². The lowest BCUT2D eigenvalue weighted by Gasteiger charge is -2.45. The first-order chi connectivity index (χ1) is 14.8. The summed E-state index contributed by atoms with van der Waals surface area (Å²) in [5.41, 5.74) is 5.27. The molecule has 3 atom stereocenters. The van der Waals surface area contributed by atoms with Gasteiger partial charge in [0.2, 0.25) is 10.0 Å². The first-order valence-corrected chi connectivity index (χ1v) is 11.8. The molecule has 1 amide bonds. The summed E-state index contributed by atoms with van der Waals surface area (Å²) >= 11 is 0. The van der Waals surface area contributed by atoms with Crippen molar-refractivity contribution in [2.75, 3.05) is 6.54 Å². The van der Waals surface area contributed by atoms with Gasteiger partial charge in [0.15, 0.2) is 6.23 Å². The van der Waals surface area contributed by atoms with Crippen molar-refractivity contribution in [3.8, 4) is 11.5 Å². The number of amides is 1. The molecule has 0 radical (unpaired) electrons. The van der Waals surface area contributed by atoms with Crippen LogP contribution in [0, 0.1) is 17.7 Å². The molecular formula is C22H25FN2O5S. The molecule has 0 spiro atoms. The lowest BCUT2D eigenvalue weighted by molar-refractivity contribution is -0.0651. The summed E-state index contributed by atoms with van der Waals surface area (Å²) in [7, 11) is -3.91. The Morgan fingerprint density at radius 1 is 0.968 bits per heavy atom. The van der Waals surface area contributed by atoms with Gasteiger partial charge in [0, 0.05) is 12.5 Å². The standard InChI is InChI=1S/C22H25FN2O5S/c23-16-5-7-17(8-6-16)29-18-9-11-19(12-10-18)31(27,28)25-14-13-15-3-1-2-4-20(15)21(25)30-22(24)26/h5-12,15,20-21H,1-4,13-14H2,(H2,24,26). The van der Waals surface area contributed by atoms with Crippen LogP contribution in [-0.2, 0) is 14.8 Å². The minimum Gasteiger partial charge on any atom is -0.457 e. The molecule has 2 aromatic carbocycles. The van der Waals surface area contributed by atoms with Gasteiger partial charge in [-0.3, -0.25) is 0 Å². The van der Waals surface area contributed by atoms with Crippen LogP contribution in [0.2, 0.25) is 0 Å². The molecule has 1 saturated carbocycles.